The zero-order valence-electron chi connectivity index (χ0n) is 11.3. The molecule has 1 aromatic rings. The van der Waals surface area contributed by atoms with Crippen molar-refractivity contribution < 1.29 is 0 Å². The lowest BCUT2D eigenvalue weighted by molar-refractivity contribution is 0.0994. The van der Waals surface area contributed by atoms with Crippen LogP contribution in [0.4, 0.5) is 0 Å². The van der Waals surface area contributed by atoms with Gasteiger partial charge >= 0.3 is 0 Å². The Morgan fingerprint density at radius 2 is 2.11 bits per heavy atom. The molecule has 2 fully saturated rings. The monoisotopic (exact) mass is 283 g/mol. The van der Waals surface area contributed by atoms with Crippen molar-refractivity contribution >= 4 is 11.6 Å². The van der Waals surface area contributed by atoms with Crippen molar-refractivity contribution in [2.75, 3.05) is 45.8 Å². The Hall–Kier alpha value is -0.620. The van der Waals surface area contributed by atoms with Crippen molar-refractivity contribution in [2.24, 2.45) is 0 Å². The number of aromatic nitrogens is 2. The maximum atomic E-state index is 5.86. The fraction of sp³-hybridized carbons (Fsp3) is 0.769. The van der Waals surface area contributed by atoms with Gasteiger partial charge in [-0.2, -0.15) is 5.10 Å². The maximum Gasteiger partial charge on any atom is 0.0785 e. The highest BCUT2D eigenvalue weighted by Gasteiger charge is 2.25. The Bertz CT molecular complexity index is 393. The van der Waals surface area contributed by atoms with Gasteiger partial charge in [0.05, 0.1) is 17.8 Å². The molecule has 3 heterocycles. The van der Waals surface area contributed by atoms with Crippen LogP contribution in [0.5, 0.6) is 0 Å². The fourth-order valence-corrected chi connectivity index (χ4v) is 3.16. The van der Waals surface area contributed by atoms with Crippen LogP contribution in [-0.4, -0.2) is 71.4 Å². The quantitative estimate of drug-likeness (QED) is 0.874. The van der Waals surface area contributed by atoms with Gasteiger partial charge in [0.2, 0.25) is 0 Å². The van der Waals surface area contributed by atoms with E-state index >= 15 is 0 Å². The molecule has 5 nitrogen and oxygen atoms in total. The van der Waals surface area contributed by atoms with E-state index < -0.39 is 0 Å². The summed E-state index contributed by atoms with van der Waals surface area (Å²) in [6.45, 7) is 9.10. The van der Waals surface area contributed by atoms with Crippen molar-refractivity contribution in [3.05, 3.63) is 17.4 Å². The van der Waals surface area contributed by atoms with Gasteiger partial charge in [0.25, 0.3) is 0 Å². The first-order valence-electron chi connectivity index (χ1n) is 7.16. The second-order valence-corrected chi connectivity index (χ2v) is 5.88. The Morgan fingerprint density at radius 1 is 1.26 bits per heavy atom. The number of nitrogens with zero attached hydrogens (tertiary/aromatic N) is 4. The topological polar surface area (TPSA) is 36.3 Å². The van der Waals surface area contributed by atoms with Gasteiger partial charge in [-0.25, -0.2) is 0 Å². The first kappa shape index (κ1) is 13.4. The molecule has 0 aromatic carbocycles. The fourth-order valence-electron chi connectivity index (χ4n) is 3.01. The number of piperazine rings is 1. The molecule has 1 aromatic heterocycles. The third-order valence-electron chi connectivity index (χ3n) is 4.20. The normalized spacial score (nSPS) is 26.1. The van der Waals surface area contributed by atoms with Gasteiger partial charge in [-0.05, 0) is 13.0 Å². The van der Waals surface area contributed by atoms with Crippen molar-refractivity contribution in [3.8, 4) is 0 Å². The summed E-state index contributed by atoms with van der Waals surface area (Å²) in [6, 6.07) is 0.770. The Morgan fingerprint density at radius 3 is 2.74 bits per heavy atom. The van der Waals surface area contributed by atoms with Crippen LogP contribution in [0.25, 0.3) is 0 Å². The third kappa shape index (κ3) is 3.48. The summed E-state index contributed by atoms with van der Waals surface area (Å²) in [6.07, 6.45) is 4.90. The van der Waals surface area contributed by atoms with E-state index in [4.69, 9.17) is 11.6 Å². The molecule has 0 amide bonds. The standard InChI is InChI=1S/C13H22ClN5/c14-12-9-16-19(11-12)8-5-17-3-6-18(7-4-17)13-1-2-15-10-13/h9,11,13,15H,1-8,10H2. The summed E-state index contributed by atoms with van der Waals surface area (Å²) >= 11 is 5.86. The van der Waals surface area contributed by atoms with Crippen molar-refractivity contribution in [1.29, 1.82) is 0 Å². The van der Waals surface area contributed by atoms with E-state index in [1.54, 1.807) is 6.20 Å². The zero-order chi connectivity index (χ0) is 13.1. The van der Waals surface area contributed by atoms with Gasteiger partial charge in [0, 0.05) is 51.5 Å². The summed E-state index contributed by atoms with van der Waals surface area (Å²) < 4.78 is 1.93. The zero-order valence-corrected chi connectivity index (χ0v) is 12.0. The molecule has 6 heteroatoms. The van der Waals surface area contributed by atoms with Crippen molar-refractivity contribution in [3.63, 3.8) is 0 Å². The molecule has 0 aliphatic carbocycles. The maximum absolute atomic E-state index is 5.86. The molecular formula is C13H22ClN5. The molecule has 0 radical (unpaired) electrons. The molecule has 2 saturated heterocycles. The lowest BCUT2D eigenvalue weighted by Gasteiger charge is -2.37. The molecule has 2 aliphatic heterocycles. The minimum Gasteiger partial charge on any atom is -0.315 e. The van der Waals surface area contributed by atoms with Crippen LogP contribution in [0.2, 0.25) is 5.02 Å². The first-order chi connectivity index (χ1) is 9.31. The predicted molar refractivity (Wildman–Crippen MR) is 76.5 cm³/mol. The predicted octanol–water partition coefficient (Wildman–Crippen LogP) is 0.516. The summed E-state index contributed by atoms with van der Waals surface area (Å²) in [5, 5.41) is 8.39. The number of hydrogen-bond acceptors (Lipinski definition) is 4. The van der Waals surface area contributed by atoms with E-state index in [1.165, 1.54) is 45.7 Å². The molecule has 3 rings (SSSR count). The molecule has 19 heavy (non-hydrogen) atoms. The summed E-state index contributed by atoms with van der Waals surface area (Å²) in [5.41, 5.74) is 0. The van der Waals surface area contributed by atoms with E-state index in [2.05, 4.69) is 20.2 Å². The molecule has 1 N–H and O–H groups in total. The molecule has 106 valence electrons. The molecular weight excluding hydrogens is 262 g/mol. The summed E-state index contributed by atoms with van der Waals surface area (Å²) in [4.78, 5) is 5.16. The minimum absolute atomic E-state index is 0.721. The SMILES string of the molecule is Clc1cnn(CCN2CCN(C3CCNC3)CC2)c1. The number of hydrogen-bond donors (Lipinski definition) is 1. The highest BCUT2D eigenvalue weighted by molar-refractivity contribution is 6.30. The van der Waals surface area contributed by atoms with Gasteiger partial charge in [0.15, 0.2) is 0 Å². The number of halogens is 1. The lowest BCUT2D eigenvalue weighted by Crippen LogP contribution is -2.51. The van der Waals surface area contributed by atoms with E-state index in [9.17, 15) is 0 Å². The van der Waals surface area contributed by atoms with Crippen LogP contribution >= 0.6 is 11.6 Å². The third-order valence-corrected chi connectivity index (χ3v) is 4.40. The van der Waals surface area contributed by atoms with Crippen LogP contribution in [0.1, 0.15) is 6.42 Å². The molecule has 1 atom stereocenters. The first-order valence-corrected chi connectivity index (χ1v) is 7.54. The average molecular weight is 284 g/mol. The van der Waals surface area contributed by atoms with Crippen LogP contribution in [-0.2, 0) is 6.54 Å². The highest BCUT2D eigenvalue weighted by atomic mass is 35.5. The smallest absolute Gasteiger partial charge is 0.0785 e. The van der Waals surface area contributed by atoms with Crippen molar-refractivity contribution in [1.82, 2.24) is 24.9 Å². The van der Waals surface area contributed by atoms with Gasteiger partial charge in [-0.3, -0.25) is 14.5 Å². The summed E-state index contributed by atoms with van der Waals surface area (Å²) in [7, 11) is 0. The van der Waals surface area contributed by atoms with E-state index in [1.807, 2.05) is 10.9 Å². The molecule has 0 saturated carbocycles. The molecule has 0 spiro atoms. The van der Waals surface area contributed by atoms with Gasteiger partial charge in [-0.15, -0.1) is 0 Å². The summed E-state index contributed by atoms with van der Waals surface area (Å²) in [5.74, 6) is 0. The van der Waals surface area contributed by atoms with Gasteiger partial charge < -0.3 is 5.32 Å². The largest absolute Gasteiger partial charge is 0.315 e. The van der Waals surface area contributed by atoms with Gasteiger partial charge in [0.1, 0.15) is 0 Å². The van der Waals surface area contributed by atoms with Crippen molar-refractivity contribution in [2.45, 2.75) is 19.0 Å². The van der Waals surface area contributed by atoms with E-state index in [-0.39, 0.29) is 0 Å². The highest BCUT2D eigenvalue weighted by Crippen LogP contribution is 2.12. The minimum atomic E-state index is 0.721. The van der Waals surface area contributed by atoms with Crippen LogP contribution in [0.3, 0.4) is 0 Å². The Balaban J connectivity index is 1.40. The Kier molecular flexibility index (Phi) is 4.38. The molecule has 2 aliphatic rings. The second-order valence-electron chi connectivity index (χ2n) is 5.45. The Labute approximate surface area is 119 Å². The number of rotatable bonds is 4. The van der Waals surface area contributed by atoms with Crippen LogP contribution in [0, 0.1) is 0 Å². The number of nitrogens with one attached hydrogen (secondary N) is 1. The second kappa shape index (κ2) is 6.22. The van der Waals surface area contributed by atoms with Crippen LogP contribution in [0.15, 0.2) is 12.4 Å². The molecule has 1 unspecified atom stereocenters. The van der Waals surface area contributed by atoms with Crippen LogP contribution < -0.4 is 5.32 Å². The van der Waals surface area contributed by atoms with Gasteiger partial charge in [-0.1, -0.05) is 11.6 Å². The lowest BCUT2D eigenvalue weighted by atomic mass is 10.2. The molecule has 0 bridgehead atoms. The van der Waals surface area contributed by atoms with E-state index in [0.29, 0.717) is 0 Å². The average Bonchev–Trinajstić information content (AvgIpc) is 3.08. The van der Waals surface area contributed by atoms with E-state index in [0.717, 1.165) is 24.2 Å².